The molecule has 6 heteroatoms. The standard InChI is InChI=1S/C7H4BrNO4/c8-6-5(9(12)13)2-1-4(3-10)7(6)11/h1-3,11H. The van der Waals surface area contributed by atoms with Gasteiger partial charge in [0, 0.05) is 6.07 Å². The molecular formula is C7H4BrNO4. The van der Waals surface area contributed by atoms with E-state index in [9.17, 15) is 20.0 Å². The van der Waals surface area contributed by atoms with Crippen molar-refractivity contribution in [3.63, 3.8) is 0 Å². The summed E-state index contributed by atoms with van der Waals surface area (Å²) < 4.78 is -0.0814. The van der Waals surface area contributed by atoms with Crippen LogP contribution < -0.4 is 0 Å². The first-order valence-electron chi connectivity index (χ1n) is 3.19. The van der Waals surface area contributed by atoms with Crippen molar-refractivity contribution in [1.29, 1.82) is 0 Å². The van der Waals surface area contributed by atoms with Crippen molar-refractivity contribution >= 4 is 27.9 Å². The van der Waals surface area contributed by atoms with Gasteiger partial charge < -0.3 is 5.11 Å². The van der Waals surface area contributed by atoms with Gasteiger partial charge in [-0.3, -0.25) is 14.9 Å². The minimum atomic E-state index is -0.654. The highest BCUT2D eigenvalue weighted by atomic mass is 79.9. The van der Waals surface area contributed by atoms with Crippen LogP contribution in [0.25, 0.3) is 0 Å². The molecule has 1 rings (SSSR count). The number of carbonyl (C=O) groups excluding carboxylic acids is 1. The number of benzene rings is 1. The number of nitrogens with zero attached hydrogens (tertiary/aromatic N) is 1. The average Bonchev–Trinajstić information content (AvgIpc) is 2.09. The second-order valence-corrected chi connectivity index (χ2v) is 3.00. The van der Waals surface area contributed by atoms with E-state index in [0.717, 1.165) is 6.07 Å². The summed E-state index contributed by atoms with van der Waals surface area (Å²) in [6.45, 7) is 0. The van der Waals surface area contributed by atoms with Gasteiger partial charge in [0.05, 0.1) is 10.5 Å². The maximum atomic E-state index is 10.3. The smallest absolute Gasteiger partial charge is 0.287 e. The zero-order chi connectivity index (χ0) is 10.0. The van der Waals surface area contributed by atoms with E-state index in [1.807, 2.05) is 0 Å². The fourth-order valence-corrected chi connectivity index (χ4v) is 1.31. The number of aromatic hydroxyl groups is 1. The van der Waals surface area contributed by atoms with Crippen LogP contribution in [-0.2, 0) is 0 Å². The Hall–Kier alpha value is -1.43. The molecule has 0 radical (unpaired) electrons. The van der Waals surface area contributed by atoms with Gasteiger partial charge in [-0.1, -0.05) is 0 Å². The minimum absolute atomic E-state index is 0.0116. The zero-order valence-corrected chi connectivity index (χ0v) is 7.82. The molecule has 1 aromatic rings. The van der Waals surface area contributed by atoms with E-state index in [1.165, 1.54) is 6.07 Å². The Labute approximate surface area is 81.3 Å². The molecule has 0 aliphatic rings. The summed E-state index contributed by atoms with van der Waals surface area (Å²) in [5.74, 6) is -0.413. The highest BCUT2D eigenvalue weighted by molar-refractivity contribution is 9.10. The lowest BCUT2D eigenvalue weighted by Gasteiger charge is -2.00. The number of phenolic OH excluding ortho intramolecular Hbond substituents is 1. The topological polar surface area (TPSA) is 80.4 Å². The largest absolute Gasteiger partial charge is 0.506 e. The molecule has 0 atom stereocenters. The molecule has 0 saturated heterocycles. The average molecular weight is 246 g/mol. The molecule has 0 aliphatic carbocycles. The molecule has 0 fully saturated rings. The molecular weight excluding hydrogens is 242 g/mol. The normalized spacial score (nSPS) is 9.62. The summed E-state index contributed by atoms with van der Waals surface area (Å²) in [6.07, 6.45) is 0.420. The van der Waals surface area contributed by atoms with Crippen molar-refractivity contribution in [3.8, 4) is 5.75 Å². The van der Waals surface area contributed by atoms with Crippen LogP contribution in [0.2, 0.25) is 0 Å². The van der Waals surface area contributed by atoms with Crippen LogP contribution in [-0.4, -0.2) is 16.3 Å². The van der Waals surface area contributed by atoms with E-state index in [4.69, 9.17) is 0 Å². The number of carbonyl (C=O) groups is 1. The quantitative estimate of drug-likeness (QED) is 0.490. The van der Waals surface area contributed by atoms with Gasteiger partial charge in [0.1, 0.15) is 10.2 Å². The summed E-state index contributed by atoms with van der Waals surface area (Å²) in [5, 5.41) is 19.6. The van der Waals surface area contributed by atoms with Crippen molar-refractivity contribution < 1.29 is 14.8 Å². The number of nitro benzene ring substituents is 1. The maximum Gasteiger partial charge on any atom is 0.287 e. The van der Waals surface area contributed by atoms with Crippen molar-refractivity contribution in [2.24, 2.45) is 0 Å². The van der Waals surface area contributed by atoms with Gasteiger partial charge in [-0.25, -0.2) is 0 Å². The molecule has 0 aliphatic heterocycles. The summed E-state index contributed by atoms with van der Waals surface area (Å²) in [7, 11) is 0. The molecule has 0 saturated carbocycles. The lowest BCUT2D eigenvalue weighted by molar-refractivity contribution is -0.385. The molecule has 0 amide bonds. The number of hydrogen-bond acceptors (Lipinski definition) is 4. The van der Waals surface area contributed by atoms with Gasteiger partial charge in [-0.05, 0) is 22.0 Å². The molecule has 0 bridgehead atoms. The van der Waals surface area contributed by atoms with E-state index < -0.39 is 10.7 Å². The minimum Gasteiger partial charge on any atom is -0.506 e. The van der Waals surface area contributed by atoms with Crippen LogP contribution in [0.5, 0.6) is 5.75 Å². The number of rotatable bonds is 2. The van der Waals surface area contributed by atoms with Crippen LogP contribution in [0.1, 0.15) is 10.4 Å². The SMILES string of the molecule is O=Cc1ccc([N+](=O)[O-])c(Br)c1O. The fraction of sp³-hybridized carbons (Fsp3) is 0. The van der Waals surface area contributed by atoms with Crippen LogP contribution in [0.4, 0.5) is 5.69 Å². The third-order valence-electron chi connectivity index (χ3n) is 1.45. The van der Waals surface area contributed by atoms with Crippen molar-refractivity contribution in [2.45, 2.75) is 0 Å². The molecule has 0 unspecified atom stereocenters. The molecule has 0 aromatic heterocycles. The van der Waals surface area contributed by atoms with E-state index in [0.29, 0.717) is 6.29 Å². The zero-order valence-electron chi connectivity index (χ0n) is 6.23. The fourth-order valence-electron chi connectivity index (χ4n) is 0.805. The van der Waals surface area contributed by atoms with E-state index in [1.54, 1.807) is 0 Å². The van der Waals surface area contributed by atoms with Gasteiger partial charge in [0.2, 0.25) is 0 Å². The Kier molecular flexibility index (Phi) is 2.62. The Bertz CT molecular complexity index is 377. The molecule has 5 nitrogen and oxygen atoms in total. The molecule has 0 heterocycles. The highest BCUT2D eigenvalue weighted by Gasteiger charge is 2.17. The number of aldehydes is 1. The van der Waals surface area contributed by atoms with Crippen LogP contribution in [0.15, 0.2) is 16.6 Å². The second kappa shape index (κ2) is 3.53. The summed E-state index contributed by atoms with van der Waals surface area (Å²) in [4.78, 5) is 20.0. The maximum absolute atomic E-state index is 10.3. The molecule has 0 spiro atoms. The molecule has 13 heavy (non-hydrogen) atoms. The van der Waals surface area contributed by atoms with Gasteiger partial charge in [-0.2, -0.15) is 0 Å². The van der Waals surface area contributed by atoms with Crippen molar-refractivity contribution in [2.75, 3.05) is 0 Å². The Morgan fingerprint density at radius 1 is 1.54 bits per heavy atom. The third kappa shape index (κ3) is 1.67. The first-order chi connectivity index (χ1) is 6.07. The van der Waals surface area contributed by atoms with E-state index in [2.05, 4.69) is 15.9 Å². The highest BCUT2D eigenvalue weighted by Crippen LogP contribution is 2.35. The first-order valence-corrected chi connectivity index (χ1v) is 3.98. The van der Waals surface area contributed by atoms with Crippen LogP contribution in [0.3, 0.4) is 0 Å². The summed E-state index contributed by atoms with van der Waals surface area (Å²) in [5.41, 5.74) is -0.263. The lowest BCUT2D eigenvalue weighted by Crippen LogP contribution is -1.91. The summed E-state index contributed by atoms with van der Waals surface area (Å²) >= 11 is 2.82. The van der Waals surface area contributed by atoms with Crippen molar-refractivity contribution in [3.05, 3.63) is 32.3 Å². The lowest BCUT2D eigenvalue weighted by atomic mass is 10.2. The predicted molar refractivity (Wildman–Crippen MR) is 47.8 cm³/mol. The van der Waals surface area contributed by atoms with Gasteiger partial charge in [-0.15, -0.1) is 0 Å². The Morgan fingerprint density at radius 3 is 2.62 bits per heavy atom. The number of hydrogen-bond donors (Lipinski definition) is 1. The van der Waals surface area contributed by atoms with Gasteiger partial charge in [0.15, 0.2) is 6.29 Å². The number of nitro groups is 1. The third-order valence-corrected chi connectivity index (χ3v) is 2.23. The second-order valence-electron chi connectivity index (χ2n) is 2.21. The number of halogens is 1. The van der Waals surface area contributed by atoms with E-state index in [-0.39, 0.29) is 15.7 Å². The molecule has 68 valence electrons. The van der Waals surface area contributed by atoms with Crippen LogP contribution >= 0.6 is 15.9 Å². The van der Waals surface area contributed by atoms with Gasteiger partial charge >= 0.3 is 0 Å². The first kappa shape index (κ1) is 9.66. The van der Waals surface area contributed by atoms with Crippen LogP contribution in [0, 0.1) is 10.1 Å². The summed E-state index contributed by atoms with van der Waals surface area (Å²) in [6, 6.07) is 2.33. The molecule has 1 N–H and O–H groups in total. The van der Waals surface area contributed by atoms with Crippen molar-refractivity contribution in [1.82, 2.24) is 0 Å². The Balaban J connectivity index is 3.39. The number of phenols is 1. The Morgan fingerprint density at radius 2 is 2.15 bits per heavy atom. The monoisotopic (exact) mass is 245 g/mol. The van der Waals surface area contributed by atoms with E-state index >= 15 is 0 Å². The molecule has 1 aromatic carbocycles. The predicted octanol–water partition coefficient (Wildman–Crippen LogP) is 1.88. The van der Waals surface area contributed by atoms with Gasteiger partial charge in [0.25, 0.3) is 5.69 Å².